The number of rotatable bonds is 12. The van der Waals surface area contributed by atoms with Gasteiger partial charge in [0.05, 0.1) is 19.0 Å². The summed E-state index contributed by atoms with van der Waals surface area (Å²) in [6.45, 7) is 0.0466. The van der Waals surface area contributed by atoms with Gasteiger partial charge in [0.15, 0.2) is 5.54 Å². The van der Waals surface area contributed by atoms with E-state index < -0.39 is 63.4 Å². The molecular weight excluding hydrogens is 618 g/mol. The lowest BCUT2D eigenvalue weighted by Gasteiger charge is -2.41. The van der Waals surface area contributed by atoms with Gasteiger partial charge in [0.2, 0.25) is 10.0 Å². The van der Waals surface area contributed by atoms with Crippen molar-refractivity contribution in [3.8, 4) is 11.5 Å². The van der Waals surface area contributed by atoms with E-state index in [0.717, 1.165) is 12.1 Å². The van der Waals surface area contributed by atoms with Crippen LogP contribution in [0, 0.1) is 0 Å². The summed E-state index contributed by atoms with van der Waals surface area (Å²) in [7, 11) is -2.75. The van der Waals surface area contributed by atoms with Crippen molar-refractivity contribution in [2.75, 3.05) is 13.7 Å². The fraction of sp³-hybridized carbons (Fsp3) is 0.448. The molecule has 1 aliphatic carbocycles. The second-order valence-corrected chi connectivity index (χ2v) is 12.6. The number of halogens is 6. The van der Waals surface area contributed by atoms with E-state index in [1.165, 1.54) is 43.5 Å². The minimum Gasteiger partial charge on any atom is -0.497 e. The predicted molar refractivity (Wildman–Crippen MR) is 147 cm³/mol. The van der Waals surface area contributed by atoms with E-state index in [-0.39, 0.29) is 41.9 Å². The van der Waals surface area contributed by atoms with Crippen molar-refractivity contribution in [1.82, 2.24) is 10.0 Å². The minimum absolute atomic E-state index is 0.0466. The van der Waals surface area contributed by atoms with E-state index in [2.05, 4.69) is 0 Å². The van der Waals surface area contributed by atoms with Gasteiger partial charge in [-0.05, 0) is 73.1 Å². The molecule has 2 aromatic carbocycles. The van der Waals surface area contributed by atoms with Gasteiger partial charge in [-0.25, -0.2) is 13.1 Å². The number of sulfonamides is 1. The molecule has 2 N–H and O–H groups in total. The molecular formula is C29H30F6N2O6S. The molecule has 1 aliphatic heterocycles. The largest absolute Gasteiger partial charge is 0.497 e. The third kappa shape index (κ3) is 7.66. The molecule has 0 aromatic heterocycles. The third-order valence-corrected chi connectivity index (χ3v) is 9.18. The van der Waals surface area contributed by atoms with Crippen molar-refractivity contribution in [3.05, 3.63) is 65.2 Å². The van der Waals surface area contributed by atoms with Crippen LogP contribution in [0.25, 0.3) is 5.57 Å². The van der Waals surface area contributed by atoms with Crippen LogP contribution in [0.15, 0.2) is 54.1 Å². The Morgan fingerprint density at radius 1 is 0.955 bits per heavy atom. The first-order chi connectivity index (χ1) is 20.6. The van der Waals surface area contributed by atoms with Crippen LogP contribution in [0.5, 0.6) is 11.5 Å². The van der Waals surface area contributed by atoms with Crippen molar-refractivity contribution < 1.29 is 53.8 Å². The Bertz CT molecular complexity index is 1500. The van der Waals surface area contributed by atoms with Crippen LogP contribution in [-0.4, -0.2) is 51.6 Å². The summed E-state index contributed by atoms with van der Waals surface area (Å²) in [6.07, 6.45) is -10.1. The first kappa shape index (κ1) is 33.1. The van der Waals surface area contributed by atoms with Crippen molar-refractivity contribution in [2.45, 2.75) is 68.1 Å². The highest BCUT2D eigenvalue weighted by atomic mass is 32.2. The summed E-state index contributed by atoms with van der Waals surface area (Å²) in [5, 5.41) is 1.11. The molecule has 15 heteroatoms. The van der Waals surface area contributed by atoms with E-state index in [1.54, 1.807) is 0 Å². The molecule has 240 valence electrons. The Morgan fingerprint density at radius 3 is 2.11 bits per heavy atom. The summed E-state index contributed by atoms with van der Waals surface area (Å²) >= 11 is 0. The van der Waals surface area contributed by atoms with Gasteiger partial charge in [0.1, 0.15) is 17.1 Å². The summed E-state index contributed by atoms with van der Waals surface area (Å²) in [4.78, 5) is 26.5. The number of unbranched alkanes of at least 4 members (excludes halogenated alkanes) is 2. The van der Waals surface area contributed by atoms with E-state index in [9.17, 15) is 44.3 Å². The normalized spacial score (nSPS) is 19.4. The van der Waals surface area contributed by atoms with Gasteiger partial charge in [0.25, 0.3) is 11.8 Å². The quantitative estimate of drug-likeness (QED) is 0.178. The van der Waals surface area contributed by atoms with Crippen LogP contribution < -0.4 is 19.5 Å². The predicted octanol–water partition coefficient (Wildman–Crippen LogP) is 5.54. The van der Waals surface area contributed by atoms with Crippen LogP contribution in [0.3, 0.4) is 0 Å². The maximum atomic E-state index is 14.9. The number of carbonyl (C=O) groups is 2. The molecule has 0 unspecified atom stereocenters. The van der Waals surface area contributed by atoms with Gasteiger partial charge in [-0.1, -0.05) is 24.3 Å². The lowest BCUT2D eigenvalue weighted by molar-refractivity contribution is -0.201. The maximum Gasteiger partial charge on any atom is 0.416 e. The van der Waals surface area contributed by atoms with Gasteiger partial charge in [-0.3, -0.25) is 9.59 Å². The van der Waals surface area contributed by atoms with Crippen molar-refractivity contribution >= 4 is 27.4 Å². The van der Waals surface area contributed by atoms with Crippen molar-refractivity contribution in [3.63, 3.8) is 0 Å². The molecule has 1 saturated carbocycles. The van der Waals surface area contributed by atoms with E-state index in [0.29, 0.717) is 25.0 Å². The highest BCUT2D eigenvalue weighted by molar-refractivity contribution is 7.91. The van der Waals surface area contributed by atoms with Crippen molar-refractivity contribution in [1.29, 1.82) is 0 Å². The lowest BCUT2D eigenvalue weighted by atomic mass is 9.76. The summed E-state index contributed by atoms with van der Waals surface area (Å²) in [5.74, 6) is -2.23. The summed E-state index contributed by atoms with van der Waals surface area (Å²) in [5.41, 5.74) is -4.39. The first-order valence-electron chi connectivity index (χ1n) is 13.7. The van der Waals surface area contributed by atoms with Crippen molar-refractivity contribution in [2.24, 2.45) is 0 Å². The van der Waals surface area contributed by atoms with Gasteiger partial charge in [0, 0.05) is 12.8 Å². The average Bonchev–Trinajstić information content (AvgIpc) is 3.80. The second kappa shape index (κ2) is 12.7. The highest BCUT2D eigenvalue weighted by Gasteiger charge is 2.60. The van der Waals surface area contributed by atoms with Crippen LogP contribution in [-0.2, 0) is 25.2 Å². The Hall–Kier alpha value is -3.75. The number of hydrogen-bond acceptors (Lipinski definition) is 6. The SMILES string of the molecule is COc1ccc(C2=C(C(=O)NS(=O)(=O)C3CC3)C(=O)N[C@@](c3ccc(OCCCCCC(F)(F)F)cc3)(C(F)(F)F)C2)cc1. The zero-order chi connectivity index (χ0) is 32.3. The maximum absolute atomic E-state index is 14.9. The molecule has 0 radical (unpaired) electrons. The topological polar surface area (TPSA) is 111 Å². The third-order valence-electron chi connectivity index (χ3n) is 7.37. The number of benzene rings is 2. The van der Waals surface area contributed by atoms with Crippen LogP contribution in [0.2, 0.25) is 0 Å². The fourth-order valence-electron chi connectivity index (χ4n) is 4.85. The highest BCUT2D eigenvalue weighted by Crippen LogP contribution is 2.49. The Labute approximate surface area is 249 Å². The number of carbonyl (C=O) groups excluding carboxylic acids is 2. The smallest absolute Gasteiger partial charge is 0.416 e. The molecule has 44 heavy (non-hydrogen) atoms. The molecule has 1 heterocycles. The number of amides is 2. The number of alkyl halides is 6. The zero-order valence-corrected chi connectivity index (χ0v) is 24.3. The van der Waals surface area contributed by atoms with Gasteiger partial charge in [-0.2, -0.15) is 26.3 Å². The molecule has 1 atom stereocenters. The summed E-state index contributed by atoms with van der Waals surface area (Å²) < 4.78 is 119. The van der Waals surface area contributed by atoms with Crippen LogP contribution in [0.1, 0.15) is 56.1 Å². The first-order valence-corrected chi connectivity index (χ1v) is 15.2. The monoisotopic (exact) mass is 648 g/mol. The Morgan fingerprint density at radius 2 is 1.57 bits per heavy atom. The molecule has 0 bridgehead atoms. The fourth-order valence-corrected chi connectivity index (χ4v) is 6.13. The number of ether oxygens (including phenoxy) is 2. The average molecular weight is 649 g/mol. The molecule has 2 aromatic rings. The van der Waals surface area contributed by atoms with Gasteiger partial charge >= 0.3 is 12.4 Å². The van der Waals surface area contributed by atoms with E-state index in [1.807, 2.05) is 10.0 Å². The molecule has 0 saturated heterocycles. The molecule has 2 amide bonds. The standard InChI is InChI=1S/C29H30F6N2O6S/c1-42-20-9-5-18(6-10-20)23-17-27(29(33,34)35,36-25(38)24(23)26(39)37-44(40,41)22-13-14-22)19-7-11-21(12-8-19)43-16-4-2-3-15-28(30,31)32/h5-12,22H,2-4,13-17H2,1H3,(H,36,38)(H,37,39)/t27-/m0/s1. The Balaban J connectivity index is 1.64. The summed E-state index contributed by atoms with van der Waals surface area (Å²) in [6, 6.07) is 10.3. The van der Waals surface area contributed by atoms with Crippen LogP contribution in [0.4, 0.5) is 26.3 Å². The zero-order valence-electron chi connectivity index (χ0n) is 23.5. The van der Waals surface area contributed by atoms with E-state index >= 15 is 0 Å². The molecule has 2 aliphatic rings. The van der Waals surface area contributed by atoms with E-state index in [4.69, 9.17) is 9.47 Å². The molecule has 8 nitrogen and oxygen atoms in total. The number of hydrogen-bond donors (Lipinski definition) is 2. The number of nitrogens with one attached hydrogen (secondary N) is 2. The van der Waals surface area contributed by atoms with Crippen LogP contribution >= 0.6 is 0 Å². The van der Waals surface area contributed by atoms with Gasteiger partial charge in [-0.15, -0.1) is 0 Å². The lowest BCUT2D eigenvalue weighted by Crippen LogP contribution is -2.60. The Kier molecular flexibility index (Phi) is 9.57. The molecule has 4 rings (SSSR count). The van der Waals surface area contributed by atoms with Gasteiger partial charge < -0.3 is 14.8 Å². The second-order valence-electron chi connectivity index (χ2n) is 10.6. The number of methoxy groups -OCH3 is 1. The minimum atomic E-state index is -5.08. The molecule has 1 fully saturated rings. The molecule has 0 spiro atoms.